The van der Waals surface area contributed by atoms with Crippen LogP contribution in [0.1, 0.15) is 49.4 Å². The van der Waals surface area contributed by atoms with Crippen molar-refractivity contribution < 1.29 is 0 Å². The van der Waals surface area contributed by atoms with E-state index in [1.807, 2.05) is 0 Å². The fraction of sp³-hybridized carbons (Fsp3) is 0.786. The molecule has 1 atom stereocenters. The van der Waals surface area contributed by atoms with E-state index in [1.165, 1.54) is 42.9 Å². The number of hydrogen-bond donors (Lipinski definition) is 1. The van der Waals surface area contributed by atoms with Gasteiger partial charge in [0, 0.05) is 11.4 Å². The average molecular weight is 250 g/mol. The van der Waals surface area contributed by atoms with Crippen LogP contribution in [0.25, 0.3) is 0 Å². The van der Waals surface area contributed by atoms with Crippen molar-refractivity contribution in [1.29, 1.82) is 0 Å². The van der Waals surface area contributed by atoms with Gasteiger partial charge in [0.1, 0.15) is 0 Å². The predicted molar refractivity (Wildman–Crippen MR) is 72.2 cm³/mol. The minimum atomic E-state index is 0.417. The van der Waals surface area contributed by atoms with E-state index < -0.39 is 0 Å². The molecule has 3 rings (SSSR count). The van der Waals surface area contributed by atoms with Crippen LogP contribution in [0, 0.1) is 24.7 Å². The van der Waals surface area contributed by atoms with Crippen LogP contribution in [0.3, 0.4) is 0 Å². The van der Waals surface area contributed by atoms with Crippen molar-refractivity contribution in [3.05, 3.63) is 16.1 Å². The molecule has 17 heavy (non-hydrogen) atoms. The maximum Gasteiger partial charge on any atom is 0.0898 e. The molecule has 1 aromatic rings. The second-order valence-corrected chi connectivity index (χ2v) is 6.82. The molecule has 0 aliphatic heterocycles. The molecule has 2 fully saturated rings. The first-order chi connectivity index (χ1) is 8.24. The van der Waals surface area contributed by atoms with Gasteiger partial charge in [-0.15, -0.1) is 11.3 Å². The Labute approximate surface area is 108 Å². The van der Waals surface area contributed by atoms with E-state index in [2.05, 4.69) is 29.5 Å². The van der Waals surface area contributed by atoms with E-state index in [9.17, 15) is 0 Å². The lowest BCUT2D eigenvalue weighted by Gasteiger charge is -2.19. The fourth-order valence-electron chi connectivity index (χ4n) is 2.76. The second-order valence-electron chi connectivity index (χ2n) is 5.76. The number of hydrogen-bond acceptors (Lipinski definition) is 3. The van der Waals surface area contributed by atoms with Crippen LogP contribution in [-0.4, -0.2) is 11.5 Å². The third kappa shape index (κ3) is 2.89. The predicted octanol–water partition coefficient (Wildman–Crippen LogP) is 3.54. The van der Waals surface area contributed by atoms with Crippen molar-refractivity contribution in [2.75, 3.05) is 6.54 Å². The van der Waals surface area contributed by atoms with Crippen LogP contribution >= 0.6 is 11.3 Å². The van der Waals surface area contributed by atoms with Crippen LogP contribution in [-0.2, 0) is 0 Å². The summed E-state index contributed by atoms with van der Waals surface area (Å²) in [4.78, 5) is 4.57. The van der Waals surface area contributed by atoms with Gasteiger partial charge in [0.15, 0.2) is 0 Å². The molecule has 0 bridgehead atoms. The standard InChI is InChI=1S/C14H22N2S/c1-9(14-8-17-10(2)16-14)15-7-13(11-3-4-11)12-5-6-12/h8-9,11-13,15H,3-7H2,1-2H3. The Kier molecular flexibility index (Phi) is 3.22. The van der Waals surface area contributed by atoms with E-state index in [-0.39, 0.29) is 0 Å². The highest BCUT2D eigenvalue weighted by Gasteiger charge is 2.41. The van der Waals surface area contributed by atoms with Crippen molar-refractivity contribution in [1.82, 2.24) is 10.3 Å². The molecule has 0 saturated heterocycles. The minimum Gasteiger partial charge on any atom is -0.309 e. The molecule has 2 saturated carbocycles. The summed E-state index contributed by atoms with van der Waals surface area (Å²) >= 11 is 1.75. The summed E-state index contributed by atoms with van der Waals surface area (Å²) in [5.41, 5.74) is 1.22. The number of rotatable bonds is 6. The zero-order valence-corrected chi connectivity index (χ0v) is 11.6. The monoisotopic (exact) mass is 250 g/mol. The summed E-state index contributed by atoms with van der Waals surface area (Å²) < 4.78 is 0. The van der Waals surface area contributed by atoms with Crippen LogP contribution < -0.4 is 5.32 Å². The number of nitrogens with one attached hydrogen (secondary N) is 1. The molecule has 1 aromatic heterocycles. The number of aryl methyl sites for hydroxylation is 1. The zero-order chi connectivity index (χ0) is 11.8. The van der Waals surface area contributed by atoms with Gasteiger partial charge in [-0.3, -0.25) is 0 Å². The van der Waals surface area contributed by atoms with Gasteiger partial charge in [-0.25, -0.2) is 4.98 Å². The Morgan fingerprint density at radius 2 is 2.00 bits per heavy atom. The highest BCUT2D eigenvalue weighted by atomic mass is 32.1. The van der Waals surface area contributed by atoms with Gasteiger partial charge in [-0.05, 0) is 63.8 Å². The summed E-state index contributed by atoms with van der Waals surface area (Å²) in [6.45, 7) is 5.52. The summed E-state index contributed by atoms with van der Waals surface area (Å²) in [6, 6.07) is 0.417. The first-order valence-corrected chi connectivity index (χ1v) is 7.77. The van der Waals surface area contributed by atoms with E-state index in [4.69, 9.17) is 0 Å². The second kappa shape index (κ2) is 4.69. The lowest BCUT2D eigenvalue weighted by Crippen LogP contribution is -2.28. The maximum absolute atomic E-state index is 4.57. The largest absolute Gasteiger partial charge is 0.309 e. The fourth-order valence-corrected chi connectivity index (χ4v) is 3.47. The summed E-state index contributed by atoms with van der Waals surface area (Å²) in [5.74, 6) is 3.04. The van der Waals surface area contributed by atoms with Gasteiger partial charge >= 0.3 is 0 Å². The molecule has 0 spiro atoms. The number of thiazole rings is 1. The van der Waals surface area contributed by atoms with Crippen molar-refractivity contribution in [3.63, 3.8) is 0 Å². The molecule has 2 nitrogen and oxygen atoms in total. The van der Waals surface area contributed by atoms with Gasteiger partial charge in [-0.1, -0.05) is 0 Å². The minimum absolute atomic E-state index is 0.417. The zero-order valence-electron chi connectivity index (χ0n) is 10.8. The SMILES string of the molecule is Cc1nc(C(C)NCC(C2CC2)C2CC2)cs1. The van der Waals surface area contributed by atoms with Crippen molar-refractivity contribution in [3.8, 4) is 0 Å². The summed E-state index contributed by atoms with van der Waals surface area (Å²) in [6.07, 6.45) is 5.92. The van der Waals surface area contributed by atoms with Gasteiger partial charge in [0.2, 0.25) is 0 Å². The molecule has 94 valence electrons. The topological polar surface area (TPSA) is 24.9 Å². The normalized spacial score (nSPS) is 22.1. The molecule has 1 N–H and O–H groups in total. The maximum atomic E-state index is 4.57. The Bertz CT molecular complexity index is 367. The third-order valence-electron chi connectivity index (χ3n) is 4.20. The van der Waals surface area contributed by atoms with Crippen LogP contribution in [0.2, 0.25) is 0 Å². The highest BCUT2D eigenvalue weighted by Crippen LogP contribution is 2.48. The third-order valence-corrected chi connectivity index (χ3v) is 4.99. The van der Waals surface area contributed by atoms with E-state index in [0.29, 0.717) is 6.04 Å². The lowest BCUT2D eigenvalue weighted by atomic mass is 9.97. The molecule has 0 amide bonds. The number of aromatic nitrogens is 1. The summed E-state index contributed by atoms with van der Waals surface area (Å²) in [5, 5.41) is 7.07. The van der Waals surface area contributed by atoms with Gasteiger partial charge in [0.25, 0.3) is 0 Å². The van der Waals surface area contributed by atoms with Gasteiger partial charge in [0.05, 0.1) is 10.7 Å². The van der Waals surface area contributed by atoms with Crippen molar-refractivity contribution >= 4 is 11.3 Å². The molecular formula is C14H22N2S. The smallest absolute Gasteiger partial charge is 0.0898 e. The Morgan fingerprint density at radius 1 is 1.35 bits per heavy atom. The number of nitrogens with zero attached hydrogens (tertiary/aromatic N) is 1. The van der Waals surface area contributed by atoms with Crippen molar-refractivity contribution in [2.45, 2.75) is 45.6 Å². The summed E-state index contributed by atoms with van der Waals surface area (Å²) in [7, 11) is 0. The highest BCUT2D eigenvalue weighted by molar-refractivity contribution is 7.09. The molecule has 3 heteroatoms. The first-order valence-electron chi connectivity index (χ1n) is 6.89. The Balaban J connectivity index is 1.52. The molecule has 2 aliphatic rings. The molecule has 1 heterocycles. The van der Waals surface area contributed by atoms with Crippen LogP contribution in [0.4, 0.5) is 0 Å². The molecule has 1 unspecified atom stereocenters. The van der Waals surface area contributed by atoms with E-state index >= 15 is 0 Å². The van der Waals surface area contributed by atoms with Gasteiger partial charge in [-0.2, -0.15) is 0 Å². The lowest BCUT2D eigenvalue weighted by molar-refractivity contribution is 0.360. The average Bonchev–Trinajstić information content (AvgIpc) is 3.20. The quantitative estimate of drug-likeness (QED) is 0.835. The molecular weight excluding hydrogens is 228 g/mol. The van der Waals surface area contributed by atoms with E-state index in [0.717, 1.165) is 17.8 Å². The van der Waals surface area contributed by atoms with E-state index in [1.54, 1.807) is 11.3 Å². The molecule has 0 radical (unpaired) electrons. The van der Waals surface area contributed by atoms with Crippen LogP contribution in [0.5, 0.6) is 0 Å². The Morgan fingerprint density at radius 3 is 2.47 bits per heavy atom. The van der Waals surface area contributed by atoms with Crippen molar-refractivity contribution in [2.24, 2.45) is 17.8 Å². The molecule has 0 aromatic carbocycles. The van der Waals surface area contributed by atoms with Crippen LogP contribution in [0.15, 0.2) is 5.38 Å². The molecule has 2 aliphatic carbocycles. The van der Waals surface area contributed by atoms with Gasteiger partial charge < -0.3 is 5.32 Å². The Hall–Kier alpha value is -0.410. The first kappa shape index (κ1) is 11.7.